The second kappa shape index (κ2) is 5.46. The summed E-state index contributed by atoms with van der Waals surface area (Å²) in [5.74, 6) is 1.05. The van der Waals surface area contributed by atoms with E-state index in [2.05, 4.69) is 23.2 Å². The van der Waals surface area contributed by atoms with Crippen LogP contribution in [0.4, 0.5) is 5.69 Å². The molecular formula is C22H26N2O5. The molecule has 3 saturated heterocycles. The summed E-state index contributed by atoms with van der Waals surface area (Å²) in [6.07, 6.45) is 3.84. The van der Waals surface area contributed by atoms with Gasteiger partial charge in [-0.2, -0.15) is 0 Å². The van der Waals surface area contributed by atoms with Crippen LogP contribution in [0, 0.1) is 11.8 Å². The molecule has 1 aromatic rings. The van der Waals surface area contributed by atoms with E-state index in [1.54, 1.807) is 14.2 Å². The smallest absolute Gasteiger partial charge is 0.310 e. The maximum atomic E-state index is 13.3. The molecular weight excluding hydrogens is 372 g/mol. The van der Waals surface area contributed by atoms with Gasteiger partial charge in [-0.15, -0.1) is 0 Å². The fraction of sp³-hybridized carbons (Fsp3) is 0.591. The number of hydrogen-bond donors (Lipinski definition) is 1. The topological polar surface area (TPSA) is 69.3 Å². The van der Waals surface area contributed by atoms with Gasteiger partial charge < -0.3 is 24.3 Å². The highest BCUT2D eigenvalue weighted by Gasteiger charge is 2.82. The zero-order chi connectivity index (χ0) is 20.1. The largest absolute Gasteiger partial charge is 0.493 e. The molecule has 4 fully saturated rings. The average molecular weight is 398 g/mol. The minimum atomic E-state index is -0.619. The quantitative estimate of drug-likeness (QED) is 0.619. The molecule has 4 aliphatic heterocycles. The van der Waals surface area contributed by atoms with Crippen molar-refractivity contribution in [1.29, 1.82) is 0 Å². The number of carbonyl (C=O) groups excluding carboxylic acids is 1. The Morgan fingerprint density at radius 3 is 2.72 bits per heavy atom. The molecule has 4 bridgehead atoms. The second-order valence-electron chi connectivity index (χ2n) is 8.76. The van der Waals surface area contributed by atoms with Crippen molar-refractivity contribution in [3.05, 3.63) is 29.3 Å². The molecule has 7 heteroatoms. The van der Waals surface area contributed by atoms with E-state index >= 15 is 0 Å². The van der Waals surface area contributed by atoms with Crippen LogP contribution in [0.2, 0.25) is 0 Å². The van der Waals surface area contributed by atoms with E-state index in [4.69, 9.17) is 18.9 Å². The van der Waals surface area contributed by atoms with Crippen molar-refractivity contribution in [2.45, 2.75) is 43.2 Å². The predicted molar refractivity (Wildman–Crippen MR) is 105 cm³/mol. The highest BCUT2D eigenvalue weighted by molar-refractivity contribution is 5.82. The Labute approximate surface area is 169 Å². The van der Waals surface area contributed by atoms with Gasteiger partial charge in [-0.05, 0) is 30.9 Å². The zero-order valence-corrected chi connectivity index (χ0v) is 17.2. The summed E-state index contributed by atoms with van der Waals surface area (Å²) >= 11 is 0. The first kappa shape index (κ1) is 17.6. The van der Waals surface area contributed by atoms with Gasteiger partial charge in [-0.1, -0.05) is 11.6 Å². The second-order valence-corrected chi connectivity index (χ2v) is 8.76. The monoisotopic (exact) mass is 398 g/mol. The number of benzene rings is 1. The number of anilines is 1. The number of hydrogen-bond acceptors (Lipinski definition) is 7. The highest BCUT2D eigenvalue weighted by Crippen LogP contribution is 2.72. The lowest BCUT2D eigenvalue weighted by Gasteiger charge is -2.60. The van der Waals surface area contributed by atoms with Gasteiger partial charge in [0.15, 0.2) is 17.2 Å². The number of allylic oxidation sites excluding steroid dienone is 1. The summed E-state index contributed by atoms with van der Waals surface area (Å²) in [6, 6.07) is 4.24. The summed E-state index contributed by atoms with van der Waals surface area (Å²) < 4.78 is 23.3. The lowest BCUT2D eigenvalue weighted by atomic mass is 9.49. The van der Waals surface area contributed by atoms with Crippen LogP contribution < -0.4 is 14.8 Å². The third kappa shape index (κ3) is 1.73. The van der Waals surface area contributed by atoms with Crippen LogP contribution in [0.15, 0.2) is 23.8 Å². The van der Waals surface area contributed by atoms with Crippen molar-refractivity contribution in [3.63, 3.8) is 0 Å². The van der Waals surface area contributed by atoms with E-state index in [1.807, 2.05) is 12.1 Å². The van der Waals surface area contributed by atoms with Crippen LogP contribution in [0.5, 0.6) is 11.5 Å². The van der Waals surface area contributed by atoms with Crippen molar-refractivity contribution in [2.24, 2.45) is 11.8 Å². The Hall–Kier alpha value is -2.25. The predicted octanol–water partition coefficient (Wildman–Crippen LogP) is 2.26. The molecule has 154 valence electrons. The van der Waals surface area contributed by atoms with E-state index in [-0.39, 0.29) is 30.1 Å². The lowest BCUT2D eigenvalue weighted by molar-refractivity contribution is -0.161. The number of esters is 1. The molecule has 4 heterocycles. The number of fused-ring (bicyclic) bond motifs is 4. The summed E-state index contributed by atoms with van der Waals surface area (Å²) in [5, 5.41) is 3.72. The van der Waals surface area contributed by atoms with Crippen molar-refractivity contribution in [2.75, 3.05) is 33.2 Å². The number of carbonyl (C=O) groups is 1. The molecule has 1 spiro atoms. The van der Waals surface area contributed by atoms with E-state index in [0.717, 1.165) is 30.6 Å². The van der Waals surface area contributed by atoms with Gasteiger partial charge >= 0.3 is 5.97 Å². The van der Waals surface area contributed by atoms with Crippen LogP contribution in [0.1, 0.15) is 25.3 Å². The number of piperidine rings is 2. The molecule has 7 nitrogen and oxygen atoms in total. The minimum absolute atomic E-state index is 0.00268. The number of methoxy groups -OCH3 is 3. The fourth-order valence-electron chi connectivity index (χ4n) is 7.12. The lowest BCUT2D eigenvalue weighted by Crippen LogP contribution is -2.73. The summed E-state index contributed by atoms with van der Waals surface area (Å²) in [5.41, 5.74) is 2.25. The zero-order valence-electron chi connectivity index (χ0n) is 17.2. The first-order valence-electron chi connectivity index (χ1n) is 10.3. The maximum Gasteiger partial charge on any atom is 0.310 e. The fourth-order valence-corrected chi connectivity index (χ4v) is 7.12. The summed E-state index contributed by atoms with van der Waals surface area (Å²) in [6.45, 7) is 2.92. The molecule has 6 rings (SSSR count). The Bertz CT molecular complexity index is 961. The Morgan fingerprint density at radius 2 is 2.03 bits per heavy atom. The van der Waals surface area contributed by atoms with E-state index in [1.165, 1.54) is 12.7 Å². The van der Waals surface area contributed by atoms with Crippen molar-refractivity contribution in [1.82, 2.24) is 4.90 Å². The van der Waals surface area contributed by atoms with Gasteiger partial charge in [-0.3, -0.25) is 9.69 Å². The van der Waals surface area contributed by atoms with Gasteiger partial charge in [0.2, 0.25) is 0 Å². The normalized spacial score (nSPS) is 41.9. The van der Waals surface area contributed by atoms with Gasteiger partial charge in [-0.25, -0.2) is 0 Å². The Balaban J connectivity index is 1.64. The van der Waals surface area contributed by atoms with Crippen LogP contribution in [0.3, 0.4) is 0 Å². The first-order valence-corrected chi connectivity index (χ1v) is 10.3. The molecule has 0 radical (unpaired) electrons. The van der Waals surface area contributed by atoms with Gasteiger partial charge in [0.1, 0.15) is 6.23 Å². The van der Waals surface area contributed by atoms with Gasteiger partial charge in [0.05, 0.1) is 38.7 Å². The van der Waals surface area contributed by atoms with Crippen molar-refractivity contribution < 1.29 is 23.7 Å². The minimum Gasteiger partial charge on any atom is -0.493 e. The average Bonchev–Trinajstić information content (AvgIpc) is 3.33. The van der Waals surface area contributed by atoms with E-state index in [9.17, 15) is 4.79 Å². The van der Waals surface area contributed by atoms with Crippen LogP contribution in [-0.4, -0.2) is 56.7 Å². The summed E-state index contributed by atoms with van der Waals surface area (Å²) in [7, 11) is 4.77. The SMILES string of the molecule is C/C=C1/CN2[C@H]3CC1[C@H](C(=O)OC)C14C[C@H]2OC31Nc1cc(OC)c(OC)cc14. The molecule has 1 saturated carbocycles. The summed E-state index contributed by atoms with van der Waals surface area (Å²) in [4.78, 5) is 15.8. The first-order chi connectivity index (χ1) is 14.0. The van der Waals surface area contributed by atoms with E-state index < -0.39 is 11.1 Å². The molecule has 1 aliphatic carbocycles. The number of rotatable bonds is 3. The molecule has 1 aromatic carbocycles. The molecule has 6 atom stereocenters. The van der Waals surface area contributed by atoms with Gasteiger partial charge in [0.25, 0.3) is 0 Å². The van der Waals surface area contributed by atoms with Crippen LogP contribution in [0.25, 0.3) is 0 Å². The molecule has 29 heavy (non-hydrogen) atoms. The third-order valence-electron chi connectivity index (χ3n) is 8.12. The molecule has 0 aromatic heterocycles. The molecule has 0 amide bonds. The van der Waals surface area contributed by atoms with Crippen LogP contribution >= 0.6 is 0 Å². The van der Waals surface area contributed by atoms with Crippen molar-refractivity contribution >= 4 is 11.7 Å². The third-order valence-corrected chi connectivity index (χ3v) is 8.12. The maximum absolute atomic E-state index is 13.3. The Kier molecular flexibility index (Phi) is 3.31. The standard InChI is InChI=1S/C22H26N2O5/c1-5-11-10-24-17-6-12(11)19(20(25)28-4)21-9-18(24)29-22(17,21)23-14-8-16(27-3)15(26-2)7-13(14)21/h5,7-8,12,17-19,23H,6,9-10H2,1-4H3/b11-5-/t12?,17-,18+,19+,21?,22?/m0/s1. The van der Waals surface area contributed by atoms with Gasteiger partial charge in [0, 0.05) is 24.7 Å². The molecule has 5 aliphatic rings. The Morgan fingerprint density at radius 1 is 1.28 bits per heavy atom. The number of nitrogens with zero attached hydrogens (tertiary/aromatic N) is 1. The molecule has 3 unspecified atom stereocenters. The molecule has 1 N–H and O–H groups in total. The highest BCUT2D eigenvalue weighted by atomic mass is 16.6. The van der Waals surface area contributed by atoms with E-state index in [0.29, 0.717) is 11.5 Å². The van der Waals surface area contributed by atoms with Crippen LogP contribution in [-0.2, 0) is 19.7 Å². The number of nitrogens with one attached hydrogen (secondary N) is 1. The van der Waals surface area contributed by atoms with Crippen molar-refractivity contribution in [3.8, 4) is 11.5 Å². The number of ether oxygens (including phenoxy) is 4.